The molecular formula is C11H8BrN3. The zero-order chi connectivity index (χ0) is 11.0. The van der Waals surface area contributed by atoms with E-state index in [1.807, 2.05) is 25.1 Å². The molecule has 0 amide bonds. The van der Waals surface area contributed by atoms with Crippen molar-refractivity contribution >= 4 is 32.5 Å². The van der Waals surface area contributed by atoms with Crippen molar-refractivity contribution in [2.75, 3.05) is 5.73 Å². The van der Waals surface area contributed by atoms with Gasteiger partial charge in [-0.2, -0.15) is 5.26 Å². The van der Waals surface area contributed by atoms with Gasteiger partial charge in [-0.1, -0.05) is 12.1 Å². The van der Waals surface area contributed by atoms with Gasteiger partial charge < -0.3 is 5.73 Å². The smallest absolute Gasteiger partial charge is 0.103 e. The molecular weight excluding hydrogens is 254 g/mol. The number of nitriles is 1. The molecule has 2 N–H and O–H groups in total. The number of hydrogen-bond donors (Lipinski definition) is 1. The predicted octanol–water partition coefficient (Wildman–Crippen LogP) is 2.76. The van der Waals surface area contributed by atoms with E-state index in [4.69, 9.17) is 11.0 Å². The average Bonchev–Trinajstić information content (AvgIpc) is 2.24. The molecule has 0 aliphatic carbocycles. The molecule has 0 atom stereocenters. The van der Waals surface area contributed by atoms with E-state index in [9.17, 15) is 0 Å². The first kappa shape index (κ1) is 9.94. The summed E-state index contributed by atoms with van der Waals surface area (Å²) in [5, 5.41) is 9.63. The summed E-state index contributed by atoms with van der Waals surface area (Å²) in [4.78, 5) is 4.22. The molecule has 2 rings (SSSR count). The van der Waals surface area contributed by atoms with Gasteiger partial charge in [-0.15, -0.1) is 0 Å². The molecule has 0 fully saturated rings. The van der Waals surface area contributed by atoms with Crippen LogP contribution in [0.5, 0.6) is 0 Å². The molecule has 0 aliphatic rings. The van der Waals surface area contributed by atoms with Crippen LogP contribution in [-0.4, -0.2) is 4.98 Å². The Labute approximate surface area is 95.7 Å². The zero-order valence-electron chi connectivity index (χ0n) is 8.08. The largest absolute Gasteiger partial charge is 0.397 e. The lowest BCUT2D eigenvalue weighted by atomic mass is 10.1. The van der Waals surface area contributed by atoms with Gasteiger partial charge in [0.05, 0.1) is 16.8 Å². The number of fused-ring (bicyclic) bond motifs is 1. The quantitative estimate of drug-likeness (QED) is 0.793. The van der Waals surface area contributed by atoms with Gasteiger partial charge in [-0.05, 0) is 28.4 Å². The number of aryl methyl sites for hydroxylation is 1. The predicted molar refractivity (Wildman–Crippen MR) is 63.3 cm³/mol. The maximum Gasteiger partial charge on any atom is 0.103 e. The highest BCUT2D eigenvalue weighted by atomic mass is 79.9. The Morgan fingerprint density at radius 3 is 2.87 bits per heavy atom. The second kappa shape index (κ2) is 3.52. The Balaban J connectivity index is 2.93. The standard InChI is InChI=1S/C11H8BrN3/c1-6-2-3-8-10(14)7(4-13)5-15-11(8)9(6)12/h2-3,5H,1H3,(H2,14,15). The first-order valence-electron chi connectivity index (χ1n) is 4.38. The fourth-order valence-electron chi connectivity index (χ4n) is 1.44. The molecule has 0 unspecified atom stereocenters. The summed E-state index contributed by atoms with van der Waals surface area (Å²) in [6.45, 7) is 1.99. The number of rotatable bonds is 0. The molecule has 4 heteroatoms. The number of aromatic nitrogens is 1. The third-order valence-electron chi connectivity index (χ3n) is 2.33. The molecule has 15 heavy (non-hydrogen) atoms. The van der Waals surface area contributed by atoms with Crippen molar-refractivity contribution in [2.24, 2.45) is 0 Å². The zero-order valence-corrected chi connectivity index (χ0v) is 9.67. The number of benzene rings is 1. The molecule has 3 nitrogen and oxygen atoms in total. The van der Waals surface area contributed by atoms with Crippen LogP contribution in [0.2, 0.25) is 0 Å². The van der Waals surface area contributed by atoms with E-state index in [-0.39, 0.29) is 0 Å². The molecule has 1 aromatic carbocycles. The number of anilines is 1. The van der Waals surface area contributed by atoms with Crippen LogP contribution in [-0.2, 0) is 0 Å². The summed E-state index contributed by atoms with van der Waals surface area (Å²) in [6.07, 6.45) is 1.50. The number of nitrogens with two attached hydrogens (primary N) is 1. The highest BCUT2D eigenvalue weighted by molar-refractivity contribution is 9.10. The molecule has 74 valence electrons. The molecule has 0 saturated carbocycles. The van der Waals surface area contributed by atoms with Crippen LogP contribution in [0.15, 0.2) is 22.8 Å². The third kappa shape index (κ3) is 1.45. The summed E-state index contributed by atoms with van der Waals surface area (Å²) in [7, 11) is 0. The monoisotopic (exact) mass is 261 g/mol. The maximum absolute atomic E-state index is 8.82. The van der Waals surface area contributed by atoms with Crippen LogP contribution in [0, 0.1) is 18.3 Å². The van der Waals surface area contributed by atoms with Crippen molar-refractivity contribution in [3.05, 3.63) is 33.9 Å². The van der Waals surface area contributed by atoms with Crippen LogP contribution >= 0.6 is 15.9 Å². The van der Waals surface area contributed by atoms with Gasteiger partial charge in [-0.3, -0.25) is 4.98 Å². The molecule has 0 bridgehead atoms. The number of nitrogen functional groups attached to an aromatic ring is 1. The topological polar surface area (TPSA) is 62.7 Å². The molecule has 2 aromatic rings. The van der Waals surface area contributed by atoms with Crippen molar-refractivity contribution in [1.82, 2.24) is 4.98 Å². The van der Waals surface area contributed by atoms with Gasteiger partial charge in [0.1, 0.15) is 6.07 Å². The van der Waals surface area contributed by atoms with Crippen molar-refractivity contribution in [2.45, 2.75) is 6.92 Å². The van der Waals surface area contributed by atoms with E-state index >= 15 is 0 Å². The van der Waals surface area contributed by atoms with Gasteiger partial charge in [0.15, 0.2) is 0 Å². The molecule has 0 aliphatic heterocycles. The minimum atomic E-state index is 0.415. The summed E-state index contributed by atoms with van der Waals surface area (Å²) in [6, 6.07) is 5.86. The van der Waals surface area contributed by atoms with Gasteiger partial charge in [0.25, 0.3) is 0 Å². The minimum absolute atomic E-state index is 0.415. The van der Waals surface area contributed by atoms with E-state index in [2.05, 4.69) is 20.9 Å². The lowest BCUT2D eigenvalue weighted by molar-refractivity contribution is 1.34. The van der Waals surface area contributed by atoms with Crippen molar-refractivity contribution in [3.63, 3.8) is 0 Å². The second-order valence-electron chi connectivity index (χ2n) is 3.29. The first-order chi connectivity index (χ1) is 7.15. The highest BCUT2D eigenvalue weighted by Gasteiger charge is 2.08. The summed E-state index contributed by atoms with van der Waals surface area (Å²) < 4.78 is 0.927. The van der Waals surface area contributed by atoms with E-state index < -0.39 is 0 Å². The maximum atomic E-state index is 8.82. The van der Waals surface area contributed by atoms with Crippen LogP contribution in [0.25, 0.3) is 10.9 Å². The fraction of sp³-hybridized carbons (Fsp3) is 0.0909. The van der Waals surface area contributed by atoms with E-state index in [1.165, 1.54) is 6.20 Å². The fourth-order valence-corrected chi connectivity index (χ4v) is 1.89. The number of nitrogens with zero attached hydrogens (tertiary/aromatic N) is 2. The molecule has 0 spiro atoms. The van der Waals surface area contributed by atoms with Crippen molar-refractivity contribution < 1.29 is 0 Å². The van der Waals surface area contributed by atoms with E-state index in [0.29, 0.717) is 11.3 Å². The number of halogens is 1. The van der Waals surface area contributed by atoms with E-state index in [0.717, 1.165) is 20.9 Å². The lowest BCUT2D eigenvalue weighted by Crippen LogP contribution is -1.95. The number of pyridine rings is 1. The number of hydrogen-bond acceptors (Lipinski definition) is 3. The second-order valence-corrected chi connectivity index (χ2v) is 4.08. The summed E-state index contributed by atoms with van der Waals surface area (Å²) >= 11 is 3.46. The van der Waals surface area contributed by atoms with E-state index in [1.54, 1.807) is 0 Å². The first-order valence-corrected chi connectivity index (χ1v) is 5.18. The highest BCUT2D eigenvalue weighted by Crippen LogP contribution is 2.30. The Kier molecular flexibility index (Phi) is 2.33. The Bertz CT molecular complexity index is 584. The molecule has 0 radical (unpaired) electrons. The Hall–Kier alpha value is -1.60. The summed E-state index contributed by atoms with van der Waals surface area (Å²) in [5.41, 5.74) is 8.66. The molecule has 0 saturated heterocycles. The van der Waals surface area contributed by atoms with Gasteiger partial charge in [0.2, 0.25) is 0 Å². The van der Waals surface area contributed by atoms with Crippen LogP contribution < -0.4 is 5.73 Å². The third-order valence-corrected chi connectivity index (χ3v) is 3.33. The Morgan fingerprint density at radius 2 is 2.20 bits per heavy atom. The lowest BCUT2D eigenvalue weighted by Gasteiger charge is -2.06. The van der Waals surface area contributed by atoms with Gasteiger partial charge >= 0.3 is 0 Å². The van der Waals surface area contributed by atoms with Gasteiger partial charge in [0, 0.05) is 16.1 Å². The average molecular weight is 262 g/mol. The summed E-state index contributed by atoms with van der Waals surface area (Å²) in [5.74, 6) is 0. The SMILES string of the molecule is Cc1ccc2c(N)c(C#N)cnc2c1Br. The van der Waals surface area contributed by atoms with Crippen molar-refractivity contribution in [3.8, 4) is 6.07 Å². The Morgan fingerprint density at radius 1 is 1.47 bits per heavy atom. The molecule has 1 heterocycles. The molecule has 1 aromatic heterocycles. The van der Waals surface area contributed by atoms with Crippen LogP contribution in [0.4, 0.5) is 5.69 Å². The normalized spacial score (nSPS) is 10.2. The minimum Gasteiger partial charge on any atom is -0.397 e. The van der Waals surface area contributed by atoms with Gasteiger partial charge in [-0.25, -0.2) is 0 Å². The van der Waals surface area contributed by atoms with Crippen molar-refractivity contribution in [1.29, 1.82) is 5.26 Å². The van der Waals surface area contributed by atoms with Crippen LogP contribution in [0.3, 0.4) is 0 Å². The van der Waals surface area contributed by atoms with Crippen LogP contribution in [0.1, 0.15) is 11.1 Å².